The highest BCUT2D eigenvalue weighted by atomic mass is 32.2. The van der Waals surface area contributed by atoms with Gasteiger partial charge in [0.2, 0.25) is 11.8 Å². The van der Waals surface area contributed by atoms with Gasteiger partial charge in [0.25, 0.3) is 0 Å². The summed E-state index contributed by atoms with van der Waals surface area (Å²) >= 11 is 3.07. The molecule has 31 heavy (non-hydrogen) atoms. The first-order chi connectivity index (χ1) is 14.8. The van der Waals surface area contributed by atoms with Gasteiger partial charge in [-0.25, -0.2) is 9.97 Å². The molecule has 0 fully saturated rings. The lowest BCUT2D eigenvalue weighted by molar-refractivity contribution is -0.132. The minimum Gasteiger partial charge on any atom is -0.333 e. The van der Waals surface area contributed by atoms with Crippen LogP contribution in [0.5, 0.6) is 0 Å². The fourth-order valence-electron chi connectivity index (χ4n) is 3.28. The van der Waals surface area contributed by atoms with Crippen molar-refractivity contribution in [1.29, 1.82) is 0 Å². The van der Waals surface area contributed by atoms with Crippen LogP contribution in [0, 0.1) is 27.7 Å². The second-order valence-corrected chi connectivity index (χ2v) is 9.67. The van der Waals surface area contributed by atoms with Gasteiger partial charge < -0.3 is 10.2 Å². The Balaban J connectivity index is 1.69. The number of para-hydroxylation sites is 1. The smallest absolute Gasteiger partial charge is 0.244 e. The monoisotopic (exact) mass is 456 g/mol. The molecule has 3 aromatic rings. The van der Waals surface area contributed by atoms with Crippen molar-refractivity contribution >= 4 is 50.8 Å². The lowest BCUT2D eigenvalue weighted by Gasteiger charge is -2.22. The Morgan fingerprint density at radius 3 is 2.58 bits per heavy atom. The predicted molar refractivity (Wildman–Crippen MR) is 129 cm³/mol. The molecule has 0 unspecified atom stereocenters. The summed E-state index contributed by atoms with van der Waals surface area (Å²) in [6, 6.07) is 7.62. The van der Waals surface area contributed by atoms with Crippen LogP contribution < -0.4 is 5.32 Å². The van der Waals surface area contributed by atoms with Gasteiger partial charge in [0, 0.05) is 22.5 Å². The summed E-state index contributed by atoms with van der Waals surface area (Å²) < 4.78 is 0. The zero-order chi connectivity index (χ0) is 22.5. The summed E-state index contributed by atoms with van der Waals surface area (Å²) in [7, 11) is 0. The van der Waals surface area contributed by atoms with Gasteiger partial charge in [-0.15, -0.1) is 11.3 Å². The van der Waals surface area contributed by atoms with Crippen molar-refractivity contribution in [1.82, 2.24) is 14.9 Å². The van der Waals surface area contributed by atoms with Crippen LogP contribution in [-0.4, -0.2) is 45.5 Å². The number of nitrogens with one attached hydrogen (secondary N) is 1. The molecule has 2 aromatic heterocycles. The number of anilines is 1. The Morgan fingerprint density at radius 1 is 1.13 bits per heavy atom. The number of rotatable bonds is 8. The normalized spacial score (nSPS) is 11.0. The number of benzene rings is 1. The molecule has 2 amide bonds. The number of amides is 2. The van der Waals surface area contributed by atoms with Crippen molar-refractivity contribution in [3.63, 3.8) is 0 Å². The maximum absolute atomic E-state index is 13.0. The summed E-state index contributed by atoms with van der Waals surface area (Å²) in [5.41, 5.74) is 2.93. The van der Waals surface area contributed by atoms with E-state index in [9.17, 15) is 9.59 Å². The van der Waals surface area contributed by atoms with E-state index in [1.165, 1.54) is 16.6 Å². The molecule has 2 heterocycles. The molecular weight excluding hydrogens is 428 g/mol. The lowest BCUT2D eigenvalue weighted by atomic mass is 10.2. The minimum absolute atomic E-state index is 0.0381. The third-order valence-corrected chi connectivity index (χ3v) is 7.10. The molecule has 0 radical (unpaired) electrons. The zero-order valence-corrected chi connectivity index (χ0v) is 20.2. The molecule has 6 nitrogen and oxygen atoms in total. The Hall–Kier alpha value is -2.45. The van der Waals surface area contributed by atoms with Crippen LogP contribution in [0.1, 0.15) is 35.2 Å². The van der Waals surface area contributed by atoms with Crippen molar-refractivity contribution in [3.05, 3.63) is 46.1 Å². The summed E-state index contributed by atoms with van der Waals surface area (Å²) in [6.07, 6.45) is 0.785. The maximum Gasteiger partial charge on any atom is 0.244 e. The molecule has 0 saturated heterocycles. The fourth-order valence-corrected chi connectivity index (χ4v) is 5.45. The van der Waals surface area contributed by atoms with Crippen molar-refractivity contribution in [2.75, 3.05) is 24.2 Å². The Labute approximate surface area is 191 Å². The molecule has 1 aromatic carbocycles. The second-order valence-electron chi connectivity index (χ2n) is 7.51. The van der Waals surface area contributed by atoms with Gasteiger partial charge in [-0.3, -0.25) is 9.59 Å². The van der Waals surface area contributed by atoms with Gasteiger partial charge in [-0.05, 0) is 51.3 Å². The molecule has 164 valence electrons. The van der Waals surface area contributed by atoms with E-state index in [4.69, 9.17) is 0 Å². The number of aromatic nitrogens is 2. The van der Waals surface area contributed by atoms with Crippen molar-refractivity contribution in [2.45, 2.75) is 46.1 Å². The van der Waals surface area contributed by atoms with E-state index in [0.29, 0.717) is 12.4 Å². The van der Waals surface area contributed by atoms with Crippen LogP contribution in [0.3, 0.4) is 0 Å². The molecule has 0 saturated carbocycles. The van der Waals surface area contributed by atoms with Crippen molar-refractivity contribution < 1.29 is 9.59 Å². The van der Waals surface area contributed by atoms with Gasteiger partial charge in [0.1, 0.15) is 15.7 Å². The van der Waals surface area contributed by atoms with Gasteiger partial charge in [0.05, 0.1) is 12.3 Å². The Morgan fingerprint density at radius 2 is 1.87 bits per heavy atom. The van der Waals surface area contributed by atoms with Crippen LogP contribution in [0.2, 0.25) is 0 Å². The fraction of sp³-hybridized carbons (Fsp3) is 0.391. The largest absolute Gasteiger partial charge is 0.333 e. The van der Waals surface area contributed by atoms with Gasteiger partial charge in [-0.1, -0.05) is 36.9 Å². The molecule has 0 spiro atoms. The first kappa shape index (κ1) is 23.2. The zero-order valence-electron chi connectivity index (χ0n) is 18.6. The molecule has 8 heteroatoms. The predicted octanol–water partition coefficient (Wildman–Crippen LogP) is 4.89. The van der Waals surface area contributed by atoms with E-state index in [1.54, 1.807) is 16.2 Å². The van der Waals surface area contributed by atoms with E-state index < -0.39 is 0 Å². The van der Waals surface area contributed by atoms with E-state index in [-0.39, 0.29) is 24.1 Å². The van der Waals surface area contributed by atoms with Crippen LogP contribution in [0.4, 0.5) is 5.69 Å². The molecule has 1 N–H and O–H groups in total. The SMILES string of the molecule is CCCN(CC(=O)Nc1ccccc1C)C(=O)CSc1nc(C)nc2sc(C)c(C)c12. The molecule has 0 bridgehead atoms. The molecular formula is C23H28N4O2S2. The molecule has 3 rings (SSSR count). The molecule has 0 aliphatic heterocycles. The van der Waals surface area contributed by atoms with Gasteiger partial charge in [0.15, 0.2) is 0 Å². The Bertz CT molecular complexity index is 1110. The summed E-state index contributed by atoms with van der Waals surface area (Å²) in [4.78, 5) is 38.4. The average Bonchev–Trinajstić information content (AvgIpc) is 3.00. The number of hydrogen-bond acceptors (Lipinski definition) is 6. The van der Waals surface area contributed by atoms with Crippen molar-refractivity contribution in [2.24, 2.45) is 0 Å². The number of thiophene rings is 1. The Kier molecular flexibility index (Phi) is 7.67. The van der Waals surface area contributed by atoms with E-state index in [2.05, 4.69) is 29.1 Å². The number of thioether (sulfide) groups is 1. The number of nitrogens with zero attached hydrogens (tertiary/aromatic N) is 3. The topological polar surface area (TPSA) is 75.2 Å². The summed E-state index contributed by atoms with van der Waals surface area (Å²) in [5, 5.41) is 4.78. The highest BCUT2D eigenvalue weighted by Gasteiger charge is 2.20. The third-order valence-electron chi connectivity index (χ3n) is 5.04. The van der Waals surface area contributed by atoms with Gasteiger partial charge >= 0.3 is 0 Å². The minimum atomic E-state index is -0.189. The average molecular weight is 457 g/mol. The standard InChI is InChI=1S/C23H28N4O2S2/c1-6-11-27(12-19(28)26-18-10-8-7-9-14(18)2)20(29)13-30-22-21-15(3)16(4)31-23(21)25-17(5)24-22/h7-10H,6,11-13H2,1-5H3,(H,26,28). The number of carbonyl (C=O) groups is 2. The second kappa shape index (κ2) is 10.2. The third kappa shape index (κ3) is 5.62. The van der Waals surface area contributed by atoms with Crippen LogP contribution in [0.15, 0.2) is 29.3 Å². The number of hydrogen-bond donors (Lipinski definition) is 1. The lowest BCUT2D eigenvalue weighted by Crippen LogP contribution is -2.39. The van der Waals surface area contributed by atoms with Crippen molar-refractivity contribution in [3.8, 4) is 0 Å². The number of fused-ring (bicyclic) bond motifs is 1. The number of carbonyl (C=O) groups excluding carboxylic acids is 2. The quantitative estimate of drug-likeness (QED) is 0.386. The first-order valence-corrected chi connectivity index (χ1v) is 12.1. The van der Waals surface area contributed by atoms with Crippen LogP contribution in [0.25, 0.3) is 10.2 Å². The summed E-state index contributed by atoms with van der Waals surface area (Å²) in [6.45, 7) is 10.5. The van der Waals surface area contributed by atoms with E-state index in [0.717, 1.165) is 38.5 Å². The molecule has 0 aliphatic rings. The van der Waals surface area contributed by atoms with Crippen LogP contribution >= 0.6 is 23.1 Å². The summed E-state index contributed by atoms with van der Waals surface area (Å²) in [5.74, 6) is 0.676. The van der Waals surface area contributed by atoms with E-state index in [1.807, 2.05) is 45.0 Å². The molecule has 0 aliphatic carbocycles. The van der Waals surface area contributed by atoms with E-state index >= 15 is 0 Å². The molecule has 0 atom stereocenters. The maximum atomic E-state index is 13.0. The first-order valence-electron chi connectivity index (χ1n) is 10.3. The van der Waals surface area contributed by atoms with Crippen LogP contribution in [-0.2, 0) is 9.59 Å². The number of aryl methyl sites for hydroxylation is 4. The van der Waals surface area contributed by atoms with Gasteiger partial charge in [-0.2, -0.15) is 0 Å². The highest BCUT2D eigenvalue weighted by Crippen LogP contribution is 2.35. The highest BCUT2D eigenvalue weighted by molar-refractivity contribution is 8.00.